The Morgan fingerprint density at radius 1 is 1.19 bits per heavy atom. The molecule has 0 aliphatic heterocycles. The van der Waals surface area contributed by atoms with Gasteiger partial charge in [0.15, 0.2) is 0 Å². The number of anilines is 1. The predicted octanol–water partition coefficient (Wildman–Crippen LogP) is 1.65. The van der Waals surface area contributed by atoms with E-state index in [4.69, 9.17) is 4.74 Å². The number of carbonyl (C=O) groups is 2. The number of carbonyl (C=O) groups excluding carboxylic acids is 2. The van der Waals surface area contributed by atoms with Gasteiger partial charge in [-0.3, -0.25) is 9.59 Å². The van der Waals surface area contributed by atoms with E-state index in [0.29, 0.717) is 25.4 Å². The smallest absolute Gasteiger partial charge is 0.314 e. The predicted molar refractivity (Wildman–Crippen MR) is 81.0 cm³/mol. The lowest BCUT2D eigenvalue weighted by molar-refractivity contribution is -0.136. The summed E-state index contributed by atoms with van der Waals surface area (Å²) in [6.45, 7) is 5.74. The second-order valence-corrected chi connectivity index (χ2v) is 4.75. The minimum Gasteiger partial charge on any atom is -0.381 e. The van der Waals surface area contributed by atoms with Crippen LogP contribution in [0.15, 0.2) is 18.3 Å². The molecule has 1 rings (SSSR count). The minimum atomic E-state index is -0.710. The lowest BCUT2D eigenvalue weighted by Crippen LogP contribution is -2.36. The lowest BCUT2D eigenvalue weighted by atomic mass is 10.3. The molecule has 0 saturated carbocycles. The van der Waals surface area contributed by atoms with Crippen LogP contribution < -0.4 is 10.6 Å². The molecule has 116 valence electrons. The van der Waals surface area contributed by atoms with Gasteiger partial charge in [0.05, 0.1) is 0 Å². The first kappa shape index (κ1) is 17.1. The Hall–Kier alpha value is -1.95. The van der Waals surface area contributed by atoms with Crippen LogP contribution in [0.1, 0.15) is 31.7 Å². The van der Waals surface area contributed by atoms with Gasteiger partial charge in [0.25, 0.3) is 0 Å². The summed E-state index contributed by atoms with van der Waals surface area (Å²) in [5.74, 6) is -1.01. The van der Waals surface area contributed by atoms with Crippen molar-refractivity contribution in [3.8, 4) is 0 Å². The van der Waals surface area contributed by atoms with Crippen molar-refractivity contribution in [2.75, 3.05) is 25.1 Å². The number of amides is 2. The number of aryl methyl sites for hydroxylation is 1. The number of hydrogen-bond acceptors (Lipinski definition) is 4. The van der Waals surface area contributed by atoms with Crippen LogP contribution in [0.3, 0.4) is 0 Å². The number of ether oxygens (including phenoxy) is 1. The monoisotopic (exact) mass is 293 g/mol. The van der Waals surface area contributed by atoms with Crippen LogP contribution in [-0.4, -0.2) is 36.6 Å². The Labute approximate surface area is 125 Å². The first-order chi connectivity index (χ1) is 10.1. The molecule has 0 aromatic carbocycles. The van der Waals surface area contributed by atoms with Crippen LogP contribution >= 0.6 is 0 Å². The van der Waals surface area contributed by atoms with E-state index in [1.807, 2.05) is 13.0 Å². The largest absolute Gasteiger partial charge is 0.381 e. The van der Waals surface area contributed by atoms with Gasteiger partial charge in [-0.1, -0.05) is 19.4 Å². The highest BCUT2D eigenvalue weighted by molar-refractivity contribution is 6.39. The molecule has 21 heavy (non-hydrogen) atoms. The molecule has 1 heterocycles. The van der Waals surface area contributed by atoms with E-state index in [-0.39, 0.29) is 0 Å². The van der Waals surface area contributed by atoms with Gasteiger partial charge in [-0.25, -0.2) is 4.98 Å². The molecule has 1 aromatic rings. The zero-order valence-corrected chi connectivity index (χ0v) is 12.6. The number of unbranched alkanes of at least 4 members (excludes halogenated alkanes) is 1. The van der Waals surface area contributed by atoms with Crippen molar-refractivity contribution in [3.05, 3.63) is 23.9 Å². The van der Waals surface area contributed by atoms with Gasteiger partial charge in [-0.05, 0) is 31.4 Å². The molecule has 6 heteroatoms. The number of hydrogen-bond donors (Lipinski definition) is 2. The standard InChI is InChI=1S/C15H23N3O3/c1-3-4-9-21-10-5-8-16-14(19)15(20)18-13-7-6-12(2)11-17-13/h6-7,11H,3-5,8-10H2,1-2H3,(H,16,19)(H,17,18,20). The molecule has 0 aliphatic carbocycles. The van der Waals surface area contributed by atoms with Crippen LogP contribution in [0.25, 0.3) is 0 Å². The lowest BCUT2D eigenvalue weighted by Gasteiger charge is -2.06. The van der Waals surface area contributed by atoms with E-state index in [0.717, 1.165) is 25.0 Å². The van der Waals surface area contributed by atoms with Crippen molar-refractivity contribution in [2.45, 2.75) is 33.1 Å². The van der Waals surface area contributed by atoms with Crippen molar-refractivity contribution in [2.24, 2.45) is 0 Å². The first-order valence-electron chi connectivity index (χ1n) is 7.23. The quantitative estimate of drug-likeness (QED) is 0.564. The van der Waals surface area contributed by atoms with Crippen LogP contribution in [0.2, 0.25) is 0 Å². The maximum absolute atomic E-state index is 11.6. The third-order valence-electron chi connectivity index (χ3n) is 2.75. The second kappa shape index (κ2) is 9.88. The summed E-state index contributed by atoms with van der Waals surface area (Å²) in [6, 6.07) is 3.47. The summed E-state index contributed by atoms with van der Waals surface area (Å²) in [4.78, 5) is 27.2. The molecule has 0 unspecified atom stereocenters. The highest BCUT2D eigenvalue weighted by Gasteiger charge is 2.13. The van der Waals surface area contributed by atoms with Gasteiger partial charge in [0, 0.05) is 26.0 Å². The highest BCUT2D eigenvalue weighted by Crippen LogP contribution is 2.03. The van der Waals surface area contributed by atoms with Gasteiger partial charge >= 0.3 is 11.8 Å². The van der Waals surface area contributed by atoms with E-state index in [1.54, 1.807) is 12.3 Å². The summed E-state index contributed by atoms with van der Waals surface area (Å²) in [6.07, 6.45) is 4.45. The Morgan fingerprint density at radius 3 is 2.62 bits per heavy atom. The van der Waals surface area contributed by atoms with E-state index in [2.05, 4.69) is 22.5 Å². The SMILES string of the molecule is CCCCOCCCNC(=O)C(=O)Nc1ccc(C)cn1. The van der Waals surface area contributed by atoms with Gasteiger partial charge in [0.1, 0.15) is 5.82 Å². The third-order valence-corrected chi connectivity index (χ3v) is 2.75. The Morgan fingerprint density at radius 2 is 1.95 bits per heavy atom. The first-order valence-corrected chi connectivity index (χ1v) is 7.23. The zero-order valence-electron chi connectivity index (χ0n) is 12.6. The molecule has 0 bridgehead atoms. The molecule has 0 aliphatic rings. The minimum absolute atomic E-state index is 0.364. The van der Waals surface area contributed by atoms with Crippen molar-refractivity contribution in [3.63, 3.8) is 0 Å². The van der Waals surface area contributed by atoms with Gasteiger partial charge in [-0.2, -0.15) is 0 Å². The topological polar surface area (TPSA) is 80.3 Å². The average Bonchev–Trinajstić information content (AvgIpc) is 2.48. The summed E-state index contributed by atoms with van der Waals surface area (Å²) in [7, 11) is 0. The summed E-state index contributed by atoms with van der Waals surface area (Å²) in [5.41, 5.74) is 0.987. The molecule has 2 amide bonds. The molecule has 0 saturated heterocycles. The maximum Gasteiger partial charge on any atom is 0.314 e. The Bertz CT molecular complexity index is 446. The summed E-state index contributed by atoms with van der Waals surface area (Å²) in [5, 5.41) is 4.99. The van der Waals surface area contributed by atoms with E-state index in [9.17, 15) is 9.59 Å². The fourth-order valence-electron chi connectivity index (χ4n) is 1.52. The highest BCUT2D eigenvalue weighted by atomic mass is 16.5. The Kier molecular flexibility index (Phi) is 8.04. The second-order valence-electron chi connectivity index (χ2n) is 4.75. The number of nitrogens with one attached hydrogen (secondary N) is 2. The molecular formula is C15H23N3O3. The summed E-state index contributed by atoms with van der Waals surface area (Å²) < 4.78 is 5.36. The van der Waals surface area contributed by atoms with Crippen molar-refractivity contribution < 1.29 is 14.3 Å². The van der Waals surface area contributed by atoms with E-state index < -0.39 is 11.8 Å². The molecule has 6 nitrogen and oxygen atoms in total. The van der Waals surface area contributed by atoms with E-state index >= 15 is 0 Å². The van der Waals surface area contributed by atoms with Crippen LogP contribution in [0, 0.1) is 6.92 Å². The maximum atomic E-state index is 11.6. The third kappa shape index (κ3) is 7.41. The van der Waals surface area contributed by atoms with E-state index in [1.165, 1.54) is 0 Å². The summed E-state index contributed by atoms with van der Waals surface area (Å²) >= 11 is 0. The fourth-order valence-corrected chi connectivity index (χ4v) is 1.52. The van der Waals surface area contributed by atoms with Crippen LogP contribution in [0.4, 0.5) is 5.82 Å². The van der Waals surface area contributed by atoms with Crippen LogP contribution in [0.5, 0.6) is 0 Å². The molecule has 0 spiro atoms. The average molecular weight is 293 g/mol. The zero-order chi connectivity index (χ0) is 15.5. The van der Waals surface area contributed by atoms with Crippen molar-refractivity contribution in [1.82, 2.24) is 10.3 Å². The number of aromatic nitrogens is 1. The van der Waals surface area contributed by atoms with Crippen molar-refractivity contribution >= 4 is 17.6 Å². The molecular weight excluding hydrogens is 270 g/mol. The molecule has 2 N–H and O–H groups in total. The van der Waals surface area contributed by atoms with Crippen molar-refractivity contribution in [1.29, 1.82) is 0 Å². The molecule has 0 fully saturated rings. The van der Waals surface area contributed by atoms with Gasteiger partial charge in [-0.15, -0.1) is 0 Å². The van der Waals surface area contributed by atoms with Gasteiger partial charge < -0.3 is 15.4 Å². The number of nitrogens with zero attached hydrogens (tertiary/aromatic N) is 1. The van der Waals surface area contributed by atoms with Gasteiger partial charge in [0.2, 0.25) is 0 Å². The fraction of sp³-hybridized carbons (Fsp3) is 0.533. The normalized spacial score (nSPS) is 10.2. The Balaban J connectivity index is 2.16. The molecule has 1 aromatic heterocycles. The molecule has 0 atom stereocenters. The number of pyridine rings is 1. The van der Waals surface area contributed by atoms with Crippen LogP contribution in [-0.2, 0) is 14.3 Å². The number of rotatable bonds is 8. The molecule has 0 radical (unpaired) electrons.